The summed E-state index contributed by atoms with van der Waals surface area (Å²) in [4.78, 5) is 25.0. The van der Waals surface area contributed by atoms with E-state index in [-0.39, 0.29) is 5.56 Å². The average Bonchev–Trinajstić information content (AvgIpc) is 2.84. The molecule has 8 heteroatoms. The molecule has 1 aromatic carbocycles. The third kappa shape index (κ3) is 3.72. The highest BCUT2D eigenvalue weighted by Crippen LogP contribution is 2.50. The van der Waals surface area contributed by atoms with Gasteiger partial charge in [-0.3, -0.25) is 4.79 Å². The van der Waals surface area contributed by atoms with Crippen LogP contribution in [0.3, 0.4) is 0 Å². The van der Waals surface area contributed by atoms with Gasteiger partial charge in [-0.25, -0.2) is 4.79 Å². The Morgan fingerprint density at radius 2 is 1.69 bits per heavy atom. The Hall–Kier alpha value is -2.02. The highest BCUT2D eigenvalue weighted by molar-refractivity contribution is 6.30. The molecule has 0 saturated heterocycles. The van der Waals surface area contributed by atoms with Gasteiger partial charge in [-0.05, 0) is 52.0 Å². The molecule has 26 heavy (non-hydrogen) atoms. The van der Waals surface area contributed by atoms with Crippen LogP contribution >= 0.6 is 11.6 Å². The van der Waals surface area contributed by atoms with Gasteiger partial charge in [-0.1, -0.05) is 11.6 Å². The summed E-state index contributed by atoms with van der Waals surface area (Å²) < 4.78 is 46.8. The molecule has 142 valence electrons. The second-order valence-corrected chi connectivity index (χ2v) is 7.66. The maximum absolute atomic E-state index is 13.9. The third-order valence-corrected chi connectivity index (χ3v) is 4.37. The highest BCUT2D eigenvalue weighted by Gasteiger charge is 2.64. The van der Waals surface area contributed by atoms with Gasteiger partial charge in [0.2, 0.25) is 0 Å². The van der Waals surface area contributed by atoms with Gasteiger partial charge >= 0.3 is 12.1 Å². The smallest absolute Gasteiger partial charge is 0.400 e. The van der Waals surface area contributed by atoms with Crippen LogP contribution in [0.1, 0.15) is 38.1 Å². The third-order valence-electron chi connectivity index (χ3n) is 4.11. The molecule has 1 N–H and O–H groups in total. The predicted molar refractivity (Wildman–Crippen MR) is 90.8 cm³/mol. The van der Waals surface area contributed by atoms with Crippen molar-refractivity contribution in [3.8, 4) is 0 Å². The van der Waals surface area contributed by atoms with Crippen LogP contribution in [-0.4, -0.2) is 29.6 Å². The summed E-state index contributed by atoms with van der Waals surface area (Å²) in [5, 5.41) is 2.74. The number of carbonyl (C=O) groups is 2. The molecule has 0 amide bonds. The fourth-order valence-corrected chi connectivity index (χ4v) is 2.80. The molecule has 1 heterocycles. The minimum atomic E-state index is -4.86. The van der Waals surface area contributed by atoms with Crippen molar-refractivity contribution in [2.75, 3.05) is 0 Å². The van der Waals surface area contributed by atoms with Crippen molar-refractivity contribution < 1.29 is 27.5 Å². The fourth-order valence-electron chi connectivity index (χ4n) is 2.68. The molecule has 0 aliphatic carbocycles. The molecule has 4 nitrogen and oxygen atoms in total. The molecule has 0 spiro atoms. The Morgan fingerprint density at radius 3 is 2.15 bits per heavy atom. The number of rotatable bonds is 3. The van der Waals surface area contributed by atoms with E-state index in [1.165, 1.54) is 24.3 Å². The minimum Gasteiger partial charge on any atom is -0.458 e. The van der Waals surface area contributed by atoms with Crippen LogP contribution in [0.25, 0.3) is 0 Å². The number of benzene rings is 1. The monoisotopic (exact) mass is 389 g/mol. The number of carbonyl (C=O) groups excluding carboxylic acids is 2. The van der Waals surface area contributed by atoms with E-state index in [0.29, 0.717) is 5.02 Å². The Kier molecular flexibility index (Phi) is 5.16. The van der Waals surface area contributed by atoms with Crippen molar-refractivity contribution in [1.29, 1.82) is 0 Å². The van der Waals surface area contributed by atoms with Crippen LogP contribution in [0.2, 0.25) is 5.02 Å². The summed E-state index contributed by atoms with van der Waals surface area (Å²) in [5.41, 5.74) is -4.20. The van der Waals surface area contributed by atoms with Crippen LogP contribution < -0.4 is 5.32 Å². The summed E-state index contributed by atoms with van der Waals surface area (Å²) in [6.07, 6.45) is -3.91. The van der Waals surface area contributed by atoms with Gasteiger partial charge in [-0.2, -0.15) is 13.2 Å². The van der Waals surface area contributed by atoms with Crippen LogP contribution in [0.15, 0.2) is 36.0 Å². The van der Waals surface area contributed by atoms with E-state index in [4.69, 9.17) is 16.3 Å². The second kappa shape index (κ2) is 6.61. The molecule has 2 atom stereocenters. The molecule has 0 radical (unpaired) electrons. The van der Waals surface area contributed by atoms with Crippen molar-refractivity contribution in [2.45, 2.75) is 45.5 Å². The molecule has 2 rings (SSSR count). The van der Waals surface area contributed by atoms with Gasteiger partial charge in [0.15, 0.2) is 5.78 Å². The maximum atomic E-state index is 13.9. The number of ether oxygens (including phenoxy) is 1. The van der Waals surface area contributed by atoms with Crippen molar-refractivity contribution in [3.05, 3.63) is 46.6 Å². The molecule has 0 fully saturated rings. The Balaban J connectivity index is 2.42. The molecular formula is C18H19ClF3NO3. The first-order valence-corrected chi connectivity index (χ1v) is 8.22. The lowest BCUT2D eigenvalue weighted by Gasteiger charge is -2.35. The summed E-state index contributed by atoms with van der Waals surface area (Å²) in [5.74, 6) is -1.91. The molecule has 1 aliphatic rings. The molecule has 1 aliphatic heterocycles. The number of nitrogens with one attached hydrogen (secondary N) is 1. The van der Waals surface area contributed by atoms with E-state index in [0.717, 1.165) is 13.1 Å². The maximum Gasteiger partial charge on any atom is 0.400 e. The first-order chi connectivity index (χ1) is 11.8. The Bertz CT molecular complexity index is 750. The topological polar surface area (TPSA) is 55.4 Å². The first-order valence-electron chi connectivity index (χ1n) is 7.84. The number of halogens is 4. The number of hydrogen-bond acceptors (Lipinski definition) is 4. The van der Waals surface area contributed by atoms with Gasteiger partial charge in [0.25, 0.3) is 0 Å². The molecule has 0 saturated carbocycles. The van der Waals surface area contributed by atoms with Crippen LogP contribution in [0.5, 0.6) is 0 Å². The molecule has 0 aromatic heterocycles. The summed E-state index contributed by atoms with van der Waals surface area (Å²) in [6.45, 7) is 5.48. The van der Waals surface area contributed by atoms with E-state index in [9.17, 15) is 22.8 Å². The number of alkyl halides is 3. The lowest BCUT2D eigenvalue weighted by molar-refractivity contribution is -0.215. The van der Waals surface area contributed by atoms with Crippen LogP contribution in [0, 0.1) is 5.41 Å². The molecule has 0 bridgehead atoms. The van der Waals surface area contributed by atoms with Crippen LogP contribution in [0.4, 0.5) is 13.2 Å². The summed E-state index contributed by atoms with van der Waals surface area (Å²) in [7, 11) is 0. The quantitative estimate of drug-likeness (QED) is 0.619. The number of hydrogen-bond donors (Lipinski definition) is 1. The van der Waals surface area contributed by atoms with Crippen molar-refractivity contribution in [3.63, 3.8) is 0 Å². The van der Waals surface area contributed by atoms with Gasteiger partial charge < -0.3 is 10.1 Å². The zero-order valence-corrected chi connectivity index (χ0v) is 15.5. The Labute approximate surface area is 154 Å². The predicted octanol–water partition coefficient (Wildman–Crippen LogP) is 4.29. The fraction of sp³-hybridized carbons (Fsp3) is 0.444. The lowest BCUT2D eigenvalue weighted by atomic mass is 9.74. The molecule has 0 unspecified atom stereocenters. The SMILES string of the molecule is CC(C)(C)OC(=O)[C@H]1NC=C(C(=O)c2ccc(Cl)cc2)[C@]1(C)C(F)(F)F. The summed E-state index contributed by atoms with van der Waals surface area (Å²) >= 11 is 5.75. The largest absolute Gasteiger partial charge is 0.458 e. The second-order valence-electron chi connectivity index (χ2n) is 7.23. The van der Waals surface area contributed by atoms with Crippen molar-refractivity contribution in [2.24, 2.45) is 5.41 Å². The lowest BCUT2D eigenvalue weighted by Crippen LogP contribution is -2.54. The molecular weight excluding hydrogens is 371 g/mol. The van der Waals surface area contributed by atoms with E-state index < -0.39 is 40.6 Å². The number of ketones is 1. The number of Topliss-reactive ketones (excluding diaryl/α,β-unsaturated/α-hetero) is 1. The van der Waals surface area contributed by atoms with Gasteiger partial charge in [0, 0.05) is 22.4 Å². The van der Waals surface area contributed by atoms with Gasteiger partial charge in [0.1, 0.15) is 17.1 Å². The standard InChI is InChI=1S/C18H19ClF3NO3/c1-16(2,3)26-15(25)14-17(4,18(20,21)22)12(9-23-14)13(24)10-5-7-11(19)8-6-10/h5-9,14,23H,1-4H3/t14-,17+/m1/s1. The molecule has 1 aromatic rings. The van der Waals surface area contributed by atoms with Crippen molar-refractivity contribution >= 4 is 23.4 Å². The zero-order valence-electron chi connectivity index (χ0n) is 14.7. The van der Waals surface area contributed by atoms with Gasteiger partial charge in [0.05, 0.1) is 0 Å². The normalized spacial score (nSPS) is 23.2. The average molecular weight is 390 g/mol. The van der Waals surface area contributed by atoms with Crippen LogP contribution in [-0.2, 0) is 9.53 Å². The highest BCUT2D eigenvalue weighted by atomic mass is 35.5. The van der Waals surface area contributed by atoms with Crippen molar-refractivity contribution in [1.82, 2.24) is 5.32 Å². The Morgan fingerprint density at radius 1 is 1.15 bits per heavy atom. The minimum absolute atomic E-state index is 0.0442. The zero-order chi connectivity index (χ0) is 19.9. The number of esters is 1. The van der Waals surface area contributed by atoms with E-state index >= 15 is 0 Å². The van der Waals surface area contributed by atoms with E-state index in [1.807, 2.05) is 0 Å². The first kappa shape index (κ1) is 20.3. The van der Waals surface area contributed by atoms with E-state index in [1.54, 1.807) is 20.8 Å². The van der Waals surface area contributed by atoms with E-state index in [2.05, 4.69) is 5.32 Å². The summed E-state index contributed by atoms with van der Waals surface area (Å²) in [6, 6.07) is 3.74. The van der Waals surface area contributed by atoms with Gasteiger partial charge in [-0.15, -0.1) is 0 Å².